The molecule has 184 valence electrons. The van der Waals surface area contributed by atoms with E-state index in [4.69, 9.17) is 9.72 Å². The summed E-state index contributed by atoms with van der Waals surface area (Å²) in [7, 11) is 3.39. The maximum absolute atomic E-state index is 12.7. The number of hydrogen-bond acceptors (Lipinski definition) is 7. The number of benzene rings is 1. The second kappa shape index (κ2) is 9.62. The Morgan fingerprint density at radius 2 is 1.69 bits per heavy atom. The predicted molar refractivity (Wildman–Crippen MR) is 141 cm³/mol. The number of methoxy groups -OCH3 is 1. The molecule has 9 heteroatoms. The molecule has 5 rings (SSSR count). The number of nitrogens with one attached hydrogen (secondary N) is 1. The molecular formula is C26H30BrN5O3. The molecule has 0 atom stereocenters. The fourth-order valence-electron chi connectivity index (χ4n) is 5.08. The number of ether oxygens (including phenoxy) is 1. The van der Waals surface area contributed by atoms with Crippen molar-refractivity contribution in [2.24, 2.45) is 0 Å². The summed E-state index contributed by atoms with van der Waals surface area (Å²) in [6.45, 7) is 4.99. The lowest BCUT2D eigenvalue weighted by molar-refractivity contribution is 0.0579. The maximum atomic E-state index is 12.7. The summed E-state index contributed by atoms with van der Waals surface area (Å²) < 4.78 is 7.92. The third-order valence-electron chi connectivity index (χ3n) is 7.28. The number of carbonyl (C=O) groups excluding carboxylic acids is 2. The highest BCUT2D eigenvalue weighted by Crippen LogP contribution is 2.41. The van der Waals surface area contributed by atoms with Crippen LogP contribution in [0.15, 0.2) is 40.9 Å². The number of rotatable bonds is 6. The van der Waals surface area contributed by atoms with Gasteiger partial charge in [0.2, 0.25) is 0 Å². The largest absolute Gasteiger partial charge is 0.464 e. The van der Waals surface area contributed by atoms with Gasteiger partial charge in [0.25, 0.3) is 0 Å². The molecule has 2 aliphatic rings. The van der Waals surface area contributed by atoms with E-state index in [-0.39, 0.29) is 17.8 Å². The Balaban J connectivity index is 1.39. The number of nitrogens with zero attached hydrogens (tertiary/aromatic N) is 4. The molecule has 0 spiro atoms. The van der Waals surface area contributed by atoms with Gasteiger partial charge in [-0.2, -0.15) is 0 Å². The number of pyridine rings is 1. The van der Waals surface area contributed by atoms with E-state index in [1.807, 2.05) is 43.4 Å². The molecule has 1 aliphatic heterocycles. The summed E-state index contributed by atoms with van der Waals surface area (Å²) >= 11 is 3.65. The highest BCUT2D eigenvalue weighted by atomic mass is 79.9. The lowest BCUT2D eigenvalue weighted by Crippen LogP contribution is -2.46. The fraction of sp³-hybridized carbons (Fsp3) is 0.423. The Labute approximate surface area is 213 Å². The van der Waals surface area contributed by atoms with Crippen molar-refractivity contribution in [3.63, 3.8) is 0 Å². The number of carbonyl (C=O) groups is 2. The van der Waals surface area contributed by atoms with E-state index < -0.39 is 0 Å². The van der Waals surface area contributed by atoms with Gasteiger partial charge in [-0.3, -0.25) is 4.79 Å². The van der Waals surface area contributed by atoms with E-state index >= 15 is 0 Å². The average Bonchev–Trinajstić information content (AvgIpc) is 3.14. The van der Waals surface area contributed by atoms with Crippen LogP contribution in [-0.4, -0.2) is 67.7 Å². The Bertz CT molecular complexity index is 1260. The monoisotopic (exact) mass is 539 g/mol. The zero-order chi connectivity index (χ0) is 24.7. The Morgan fingerprint density at radius 3 is 2.29 bits per heavy atom. The minimum Gasteiger partial charge on any atom is -0.464 e. The molecule has 1 N–H and O–H groups in total. The van der Waals surface area contributed by atoms with Crippen LogP contribution in [0.1, 0.15) is 46.7 Å². The summed E-state index contributed by atoms with van der Waals surface area (Å²) in [5.41, 5.74) is 3.21. The van der Waals surface area contributed by atoms with Crippen LogP contribution in [0.25, 0.3) is 11.0 Å². The number of fused-ring (bicyclic) bond motifs is 1. The fourth-order valence-corrected chi connectivity index (χ4v) is 5.75. The molecule has 2 fully saturated rings. The molecule has 3 aromatic rings. The summed E-state index contributed by atoms with van der Waals surface area (Å²) in [5.74, 6) is 0.642. The molecule has 2 aromatic heterocycles. The molecule has 35 heavy (non-hydrogen) atoms. The summed E-state index contributed by atoms with van der Waals surface area (Å²) in [4.78, 5) is 33.9. The van der Waals surface area contributed by atoms with Crippen molar-refractivity contribution in [3.8, 4) is 0 Å². The maximum Gasteiger partial charge on any atom is 0.355 e. The van der Waals surface area contributed by atoms with Crippen LogP contribution in [0.3, 0.4) is 0 Å². The molecule has 0 radical (unpaired) electrons. The van der Waals surface area contributed by atoms with Crippen molar-refractivity contribution in [1.29, 1.82) is 0 Å². The number of halogens is 1. The summed E-state index contributed by atoms with van der Waals surface area (Å²) in [6.07, 6.45) is 1.90. The second-order valence-electron chi connectivity index (χ2n) is 9.25. The highest BCUT2D eigenvalue weighted by Gasteiger charge is 2.35. The van der Waals surface area contributed by atoms with Crippen LogP contribution in [0.2, 0.25) is 0 Å². The quantitative estimate of drug-likeness (QED) is 0.374. The van der Waals surface area contributed by atoms with Crippen molar-refractivity contribution in [1.82, 2.24) is 14.9 Å². The van der Waals surface area contributed by atoms with E-state index in [0.717, 1.165) is 71.6 Å². The van der Waals surface area contributed by atoms with Crippen LogP contribution in [0.4, 0.5) is 11.5 Å². The molecule has 1 saturated heterocycles. The van der Waals surface area contributed by atoms with E-state index in [0.29, 0.717) is 11.7 Å². The Kier molecular flexibility index (Phi) is 6.55. The number of ketones is 1. The van der Waals surface area contributed by atoms with Gasteiger partial charge >= 0.3 is 5.97 Å². The van der Waals surface area contributed by atoms with Crippen molar-refractivity contribution < 1.29 is 14.3 Å². The molecule has 0 amide bonds. The van der Waals surface area contributed by atoms with Gasteiger partial charge in [0.05, 0.1) is 11.6 Å². The molecular weight excluding hydrogens is 510 g/mol. The first-order chi connectivity index (χ1) is 16.9. The van der Waals surface area contributed by atoms with E-state index in [1.165, 1.54) is 7.11 Å². The van der Waals surface area contributed by atoms with Gasteiger partial charge in [-0.25, -0.2) is 9.78 Å². The molecule has 1 aromatic carbocycles. The standard InChI is InChI=1S/C26H30BrN5O3/c1-16(33)17-4-6-19(7-5-17)30-10-12-31(13-11-30)22-9-8-21-23(27)24(26(34)35-3)32(25(21)29-22)20-14-18(15-20)28-2/h4-9,18,20,28H,10-15H2,1-3H3. The van der Waals surface area contributed by atoms with Crippen molar-refractivity contribution in [3.05, 3.63) is 52.1 Å². The van der Waals surface area contributed by atoms with Gasteiger partial charge in [-0.05, 0) is 79.1 Å². The lowest BCUT2D eigenvalue weighted by Gasteiger charge is -2.38. The van der Waals surface area contributed by atoms with Gasteiger partial charge in [-0.1, -0.05) is 0 Å². The van der Waals surface area contributed by atoms with Crippen LogP contribution >= 0.6 is 15.9 Å². The van der Waals surface area contributed by atoms with Crippen molar-refractivity contribution in [2.45, 2.75) is 31.8 Å². The van der Waals surface area contributed by atoms with Crippen LogP contribution in [-0.2, 0) is 4.74 Å². The van der Waals surface area contributed by atoms with Crippen LogP contribution in [0.5, 0.6) is 0 Å². The minimum absolute atomic E-state index is 0.0814. The van der Waals surface area contributed by atoms with Crippen molar-refractivity contribution in [2.75, 3.05) is 50.1 Å². The summed E-state index contributed by atoms with van der Waals surface area (Å²) in [6, 6.07) is 12.6. The number of hydrogen-bond donors (Lipinski definition) is 1. The zero-order valence-electron chi connectivity index (χ0n) is 20.3. The third kappa shape index (κ3) is 4.31. The van der Waals surface area contributed by atoms with E-state index in [9.17, 15) is 9.59 Å². The van der Waals surface area contributed by atoms with Crippen LogP contribution < -0.4 is 15.1 Å². The first-order valence-electron chi connectivity index (χ1n) is 12.0. The molecule has 1 saturated carbocycles. The van der Waals surface area contributed by atoms with Gasteiger partial charge in [0, 0.05) is 54.9 Å². The normalized spacial score (nSPS) is 20.1. The van der Waals surface area contributed by atoms with E-state index in [1.54, 1.807) is 6.92 Å². The SMILES string of the molecule is CNC1CC(n2c(C(=O)OC)c(Br)c3ccc(N4CCN(c5ccc(C(C)=O)cc5)CC4)nc32)C1. The second-order valence-corrected chi connectivity index (χ2v) is 10.0. The van der Waals surface area contributed by atoms with Gasteiger partial charge in [0.1, 0.15) is 17.2 Å². The smallest absolute Gasteiger partial charge is 0.355 e. The lowest BCUT2D eigenvalue weighted by atomic mass is 9.86. The van der Waals surface area contributed by atoms with Crippen molar-refractivity contribution >= 4 is 50.2 Å². The third-order valence-corrected chi connectivity index (χ3v) is 8.08. The van der Waals surface area contributed by atoms with Crippen LogP contribution in [0, 0.1) is 0 Å². The summed E-state index contributed by atoms with van der Waals surface area (Å²) in [5, 5.41) is 4.24. The van der Waals surface area contributed by atoms with Gasteiger partial charge in [-0.15, -0.1) is 0 Å². The highest BCUT2D eigenvalue weighted by molar-refractivity contribution is 9.10. The number of piperazine rings is 1. The minimum atomic E-state index is -0.353. The topological polar surface area (TPSA) is 79.7 Å². The first-order valence-corrected chi connectivity index (χ1v) is 12.8. The molecule has 1 aliphatic carbocycles. The van der Waals surface area contributed by atoms with Gasteiger partial charge < -0.3 is 24.4 Å². The predicted octanol–water partition coefficient (Wildman–Crippen LogP) is 4.04. The van der Waals surface area contributed by atoms with Gasteiger partial charge in [0.15, 0.2) is 5.78 Å². The van der Waals surface area contributed by atoms with E-state index in [2.05, 4.69) is 35.6 Å². The molecule has 0 bridgehead atoms. The average molecular weight is 540 g/mol. The number of aromatic nitrogens is 2. The Hall–Kier alpha value is -2.91. The molecule has 8 nitrogen and oxygen atoms in total. The number of esters is 1. The zero-order valence-corrected chi connectivity index (χ0v) is 21.8. The molecule has 3 heterocycles. The molecule has 0 unspecified atom stereocenters. The Morgan fingerprint density at radius 1 is 1.03 bits per heavy atom. The number of Topliss-reactive ketones (excluding diaryl/α,β-unsaturated/α-hetero) is 1. The first kappa shape index (κ1) is 23.8. The number of anilines is 2.